The molecule has 0 radical (unpaired) electrons. The maximum Gasteiger partial charge on any atom is -0.00130 e. The molecule has 0 saturated heterocycles. The molecule has 1 aliphatic carbocycles. The summed E-state index contributed by atoms with van der Waals surface area (Å²) in [5, 5.41) is 8.30. The molecule has 0 heterocycles. The van der Waals surface area contributed by atoms with E-state index in [1.807, 2.05) is 0 Å². The minimum Gasteiger partial charge on any atom is -0.0619 e. The van der Waals surface area contributed by atoms with E-state index in [2.05, 4.69) is 72.8 Å². The molecule has 23 heavy (non-hydrogen) atoms. The van der Waals surface area contributed by atoms with Crippen molar-refractivity contribution in [3.8, 4) is 11.1 Å². The van der Waals surface area contributed by atoms with Gasteiger partial charge in [0.05, 0.1) is 0 Å². The molecule has 106 valence electrons. The molecule has 0 heteroatoms. The summed E-state index contributed by atoms with van der Waals surface area (Å²) in [5.41, 5.74) is 5.79. The van der Waals surface area contributed by atoms with Crippen LogP contribution in [0.2, 0.25) is 0 Å². The van der Waals surface area contributed by atoms with E-state index in [0.29, 0.717) is 0 Å². The van der Waals surface area contributed by atoms with Gasteiger partial charge in [0.1, 0.15) is 0 Å². The number of benzene rings is 5. The predicted molar refractivity (Wildman–Crippen MR) is 98.4 cm³/mol. The molecule has 0 aliphatic heterocycles. The summed E-state index contributed by atoms with van der Waals surface area (Å²) in [6, 6.07) is 27.0. The summed E-state index contributed by atoms with van der Waals surface area (Å²) in [4.78, 5) is 0. The zero-order valence-electron chi connectivity index (χ0n) is 12.6. The average Bonchev–Trinajstić information content (AvgIpc) is 2.97. The van der Waals surface area contributed by atoms with E-state index < -0.39 is 0 Å². The maximum absolute atomic E-state index is 2.41. The fourth-order valence-corrected chi connectivity index (χ4v) is 4.45. The first-order chi connectivity index (χ1) is 11.4. The molecule has 0 atom stereocenters. The molecule has 0 aromatic heterocycles. The van der Waals surface area contributed by atoms with Gasteiger partial charge in [0.25, 0.3) is 0 Å². The summed E-state index contributed by atoms with van der Waals surface area (Å²) < 4.78 is 0. The number of hydrogen-bond donors (Lipinski definition) is 0. The summed E-state index contributed by atoms with van der Waals surface area (Å²) in [6.07, 6.45) is 1.06. The third kappa shape index (κ3) is 1.37. The van der Waals surface area contributed by atoms with Crippen LogP contribution in [0.15, 0.2) is 72.8 Å². The van der Waals surface area contributed by atoms with Crippen molar-refractivity contribution in [2.24, 2.45) is 0 Å². The van der Waals surface area contributed by atoms with Gasteiger partial charge in [-0.25, -0.2) is 0 Å². The van der Waals surface area contributed by atoms with E-state index in [1.165, 1.54) is 54.6 Å². The Kier molecular flexibility index (Phi) is 1.98. The van der Waals surface area contributed by atoms with E-state index >= 15 is 0 Å². The molecule has 0 spiro atoms. The van der Waals surface area contributed by atoms with Crippen molar-refractivity contribution >= 4 is 32.3 Å². The van der Waals surface area contributed by atoms with Crippen LogP contribution in [0.1, 0.15) is 11.1 Å². The monoisotopic (exact) mass is 290 g/mol. The highest BCUT2D eigenvalue weighted by atomic mass is 14.3. The molecule has 5 aromatic carbocycles. The zero-order valence-corrected chi connectivity index (χ0v) is 12.6. The molecule has 5 aromatic rings. The van der Waals surface area contributed by atoms with Gasteiger partial charge in [0, 0.05) is 0 Å². The van der Waals surface area contributed by atoms with Gasteiger partial charge in [0.15, 0.2) is 0 Å². The van der Waals surface area contributed by atoms with Gasteiger partial charge in [-0.1, -0.05) is 72.8 Å². The van der Waals surface area contributed by atoms with Crippen molar-refractivity contribution < 1.29 is 0 Å². The number of fused-ring (bicyclic) bond motifs is 4. The van der Waals surface area contributed by atoms with Crippen LogP contribution >= 0.6 is 0 Å². The molecule has 0 saturated carbocycles. The molecule has 6 rings (SSSR count). The van der Waals surface area contributed by atoms with Gasteiger partial charge in [0.2, 0.25) is 0 Å². The smallest absolute Gasteiger partial charge is 0.00130 e. The Morgan fingerprint density at radius 2 is 1.35 bits per heavy atom. The van der Waals surface area contributed by atoms with Crippen molar-refractivity contribution in [2.75, 3.05) is 0 Å². The van der Waals surface area contributed by atoms with Crippen LogP contribution in [0.25, 0.3) is 43.4 Å². The first kappa shape index (κ1) is 11.7. The predicted octanol–water partition coefficient (Wildman–Crippen LogP) is 6.16. The van der Waals surface area contributed by atoms with Gasteiger partial charge in [-0.3, -0.25) is 0 Å². The second kappa shape index (κ2) is 3.91. The molecule has 1 aliphatic rings. The van der Waals surface area contributed by atoms with Crippen LogP contribution < -0.4 is 0 Å². The number of rotatable bonds is 0. The molecule has 0 N–H and O–H groups in total. The highest BCUT2D eigenvalue weighted by molar-refractivity contribution is 6.26. The van der Waals surface area contributed by atoms with E-state index in [4.69, 9.17) is 0 Å². The minimum atomic E-state index is 1.06. The zero-order chi connectivity index (χ0) is 15.0. The third-order valence-corrected chi connectivity index (χ3v) is 5.40. The molecule has 0 nitrogen and oxygen atoms in total. The van der Waals surface area contributed by atoms with Crippen molar-refractivity contribution in [1.82, 2.24) is 0 Å². The average molecular weight is 290 g/mol. The standard InChI is InChI=1S/C23H14/c1-2-7-19-16(4-1)12-18-13-17-9-8-14-5-3-6-15-10-11-20(22(18)19)23(17)21(14)15/h1-11,13H,12H2. The van der Waals surface area contributed by atoms with E-state index in [9.17, 15) is 0 Å². The van der Waals surface area contributed by atoms with Gasteiger partial charge >= 0.3 is 0 Å². The number of hydrogen-bond acceptors (Lipinski definition) is 0. The van der Waals surface area contributed by atoms with Gasteiger partial charge in [-0.2, -0.15) is 0 Å². The highest BCUT2D eigenvalue weighted by Gasteiger charge is 2.22. The maximum atomic E-state index is 2.41. The van der Waals surface area contributed by atoms with Crippen LogP contribution in [-0.2, 0) is 6.42 Å². The summed E-state index contributed by atoms with van der Waals surface area (Å²) >= 11 is 0. The highest BCUT2D eigenvalue weighted by Crippen LogP contribution is 2.45. The van der Waals surface area contributed by atoms with Crippen LogP contribution in [0.4, 0.5) is 0 Å². The Labute approximate surface area is 134 Å². The van der Waals surface area contributed by atoms with Crippen molar-refractivity contribution in [1.29, 1.82) is 0 Å². The van der Waals surface area contributed by atoms with Crippen molar-refractivity contribution in [3.63, 3.8) is 0 Å². The minimum absolute atomic E-state index is 1.06. The first-order valence-corrected chi connectivity index (χ1v) is 8.18. The Balaban J connectivity index is 1.91. The second-order valence-electron chi connectivity index (χ2n) is 6.60. The lowest BCUT2D eigenvalue weighted by atomic mass is 9.89. The Bertz CT molecular complexity index is 1210. The summed E-state index contributed by atoms with van der Waals surface area (Å²) in [6.45, 7) is 0. The lowest BCUT2D eigenvalue weighted by Gasteiger charge is -2.14. The quantitative estimate of drug-likeness (QED) is 0.294. The SMILES string of the molecule is c1ccc2c(c1)Cc1cc3ccc4cccc5ccc(c1-2)c3c45. The first-order valence-electron chi connectivity index (χ1n) is 8.18. The molecule has 0 fully saturated rings. The molecule has 0 bridgehead atoms. The van der Waals surface area contributed by atoms with Crippen LogP contribution in [0.3, 0.4) is 0 Å². The largest absolute Gasteiger partial charge is 0.0619 e. The fraction of sp³-hybridized carbons (Fsp3) is 0.0435. The third-order valence-electron chi connectivity index (χ3n) is 5.40. The van der Waals surface area contributed by atoms with E-state index in [-0.39, 0.29) is 0 Å². The van der Waals surface area contributed by atoms with Gasteiger partial charge < -0.3 is 0 Å². The van der Waals surface area contributed by atoms with Crippen LogP contribution in [0.5, 0.6) is 0 Å². The van der Waals surface area contributed by atoms with Crippen LogP contribution in [0, 0.1) is 0 Å². The fourth-order valence-electron chi connectivity index (χ4n) is 4.45. The van der Waals surface area contributed by atoms with Gasteiger partial charge in [-0.15, -0.1) is 0 Å². The molecule has 0 unspecified atom stereocenters. The lowest BCUT2D eigenvalue weighted by molar-refractivity contribution is 1.27. The van der Waals surface area contributed by atoms with Crippen LogP contribution in [-0.4, -0.2) is 0 Å². The van der Waals surface area contributed by atoms with Crippen molar-refractivity contribution in [3.05, 3.63) is 83.9 Å². The van der Waals surface area contributed by atoms with E-state index in [0.717, 1.165) is 6.42 Å². The Hall–Kier alpha value is -2.86. The Morgan fingerprint density at radius 3 is 2.26 bits per heavy atom. The van der Waals surface area contributed by atoms with E-state index in [1.54, 1.807) is 0 Å². The van der Waals surface area contributed by atoms with Crippen molar-refractivity contribution in [2.45, 2.75) is 6.42 Å². The topological polar surface area (TPSA) is 0 Å². The summed E-state index contributed by atoms with van der Waals surface area (Å²) in [5.74, 6) is 0. The summed E-state index contributed by atoms with van der Waals surface area (Å²) in [7, 11) is 0. The lowest BCUT2D eigenvalue weighted by Crippen LogP contribution is -1.88. The Morgan fingerprint density at radius 1 is 0.565 bits per heavy atom. The normalized spacial score (nSPS) is 13.0. The second-order valence-corrected chi connectivity index (χ2v) is 6.60. The molecular weight excluding hydrogens is 276 g/mol. The van der Waals surface area contributed by atoms with Gasteiger partial charge in [-0.05, 0) is 61.0 Å². The molecular formula is C23H14. The molecule has 0 amide bonds.